The lowest BCUT2D eigenvalue weighted by molar-refractivity contribution is -0.386. The van der Waals surface area contributed by atoms with E-state index >= 15 is 0 Å². The van der Waals surface area contributed by atoms with Crippen molar-refractivity contribution in [3.8, 4) is 11.5 Å². The summed E-state index contributed by atoms with van der Waals surface area (Å²) in [5, 5.41) is 15.3. The molecule has 11 heteroatoms. The number of nitro groups is 1. The van der Waals surface area contributed by atoms with Crippen molar-refractivity contribution in [1.29, 1.82) is 0 Å². The molecule has 1 atom stereocenters. The van der Waals surface area contributed by atoms with E-state index in [0.29, 0.717) is 30.4 Å². The summed E-state index contributed by atoms with van der Waals surface area (Å²) >= 11 is 0. The Kier molecular flexibility index (Phi) is 8.62. The molecule has 10 nitrogen and oxygen atoms in total. The third kappa shape index (κ3) is 6.19. The van der Waals surface area contributed by atoms with Crippen molar-refractivity contribution in [2.75, 3.05) is 19.0 Å². The number of aryl methyl sites for hydroxylation is 2. The molecule has 0 amide bonds. The number of hydrogen-bond acceptors (Lipinski definition) is 7. The second-order valence-electron chi connectivity index (χ2n) is 7.73. The maximum absolute atomic E-state index is 12.9. The molecule has 0 fully saturated rings. The smallest absolute Gasteiger partial charge is 0.312 e. The van der Waals surface area contributed by atoms with E-state index in [1.54, 1.807) is 19.1 Å². The van der Waals surface area contributed by atoms with Gasteiger partial charge in [0.2, 0.25) is 10.0 Å². The Morgan fingerprint density at radius 1 is 1.16 bits per heavy atom. The first-order chi connectivity index (χ1) is 15.0. The first-order valence-corrected chi connectivity index (χ1v) is 12.2. The van der Waals surface area contributed by atoms with Gasteiger partial charge in [0.25, 0.3) is 0 Å². The fourth-order valence-corrected chi connectivity index (χ4v) is 4.80. The summed E-state index contributed by atoms with van der Waals surface area (Å²) in [5.41, 5.74) is 1.26. The van der Waals surface area contributed by atoms with E-state index < -0.39 is 21.0 Å². The summed E-state index contributed by atoms with van der Waals surface area (Å²) in [6.45, 7) is 11.6. The average Bonchev–Trinajstić information content (AvgIpc) is 2.99. The van der Waals surface area contributed by atoms with Crippen LogP contribution in [0, 0.1) is 29.9 Å². The Morgan fingerprint density at radius 2 is 1.78 bits per heavy atom. The molecule has 0 unspecified atom stereocenters. The molecule has 1 heterocycles. The summed E-state index contributed by atoms with van der Waals surface area (Å²) in [6, 6.07) is 4.92. The third-order valence-electron chi connectivity index (χ3n) is 5.00. The van der Waals surface area contributed by atoms with Gasteiger partial charge in [0.05, 0.1) is 30.4 Å². The summed E-state index contributed by atoms with van der Waals surface area (Å²) < 4.78 is 41.1. The lowest BCUT2D eigenvalue weighted by Crippen LogP contribution is -2.34. The molecular weight excluding hydrogens is 436 g/mol. The molecule has 32 heavy (non-hydrogen) atoms. The molecule has 0 saturated heterocycles. The van der Waals surface area contributed by atoms with Gasteiger partial charge in [-0.05, 0) is 51.3 Å². The Hall–Kier alpha value is -2.66. The van der Waals surface area contributed by atoms with Gasteiger partial charge in [0, 0.05) is 6.04 Å². The van der Waals surface area contributed by atoms with Crippen LogP contribution in [0.4, 0.5) is 5.69 Å². The largest absolute Gasteiger partial charge is 0.490 e. The second-order valence-corrected chi connectivity index (χ2v) is 9.60. The summed E-state index contributed by atoms with van der Waals surface area (Å²) in [5.74, 6) is 0.873. The van der Waals surface area contributed by atoms with Crippen molar-refractivity contribution >= 4 is 15.7 Å². The van der Waals surface area contributed by atoms with Crippen LogP contribution < -0.4 is 14.2 Å². The highest BCUT2D eigenvalue weighted by molar-refractivity contribution is 7.89. The van der Waals surface area contributed by atoms with Crippen LogP contribution in [0.5, 0.6) is 11.5 Å². The van der Waals surface area contributed by atoms with Crippen LogP contribution in [-0.2, 0) is 16.6 Å². The molecule has 0 bridgehead atoms. The predicted octanol–water partition coefficient (Wildman–Crippen LogP) is 3.52. The molecular formula is C21H32N4O6S. The maximum Gasteiger partial charge on any atom is 0.312 e. The normalized spacial score (nSPS) is 12.7. The highest BCUT2D eigenvalue weighted by Gasteiger charge is 2.26. The molecule has 178 valence electrons. The number of benzene rings is 1. The lowest BCUT2D eigenvalue weighted by Gasteiger charge is -2.24. The number of ether oxygens (including phenoxy) is 2. The number of rotatable bonds is 12. The van der Waals surface area contributed by atoms with E-state index in [2.05, 4.69) is 9.82 Å². The molecule has 0 aliphatic heterocycles. The topological polar surface area (TPSA) is 126 Å². The van der Waals surface area contributed by atoms with Crippen LogP contribution in [-0.4, -0.2) is 42.1 Å². The lowest BCUT2D eigenvalue weighted by atomic mass is 9.97. The third-order valence-corrected chi connectivity index (χ3v) is 6.33. The Bertz CT molecular complexity index is 1050. The molecule has 0 aliphatic rings. The van der Waals surface area contributed by atoms with Gasteiger partial charge >= 0.3 is 5.69 Å². The minimum absolute atomic E-state index is 0.00807. The van der Waals surface area contributed by atoms with E-state index in [1.165, 1.54) is 11.6 Å². The van der Waals surface area contributed by atoms with Gasteiger partial charge in [0.15, 0.2) is 11.5 Å². The van der Waals surface area contributed by atoms with E-state index in [1.807, 2.05) is 33.8 Å². The Morgan fingerprint density at radius 3 is 2.31 bits per heavy atom. The van der Waals surface area contributed by atoms with Crippen LogP contribution in [0.3, 0.4) is 0 Å². The van der Waals surface area contributed by atoms with Crippen LogP contribution in [0.25, 0.3) is 0 Å². The van der Waals surface area contributed by atoms with E-state index in [9.17, 15) is 18.5 Å². The number of aromatic nitrogens is 2. The van der Waals surface area contributed by atoms with Crippen molar-refractivity contribution < 1.29 is 22.8 Å². The van der Waals surface area contributed by atoms with Gasteiger partial charge in [0.1, 0.15) is 11.4 Å². The van der Waals surface area contributed by atoms with Crippen LogP contribution in [0.2, 0.25) is 0 Å². The van der Waals surface area contributed by atoms with Crippen molar-refractivity contribution in [3.63, 3.8) is 0 Å². The standard InChI is InChI=1S/C21H32N4O6S/c1-7-30-18-10-9-17(13-19(18)31-8-2)20(14(3)4)23-32(28,29)12-11-24-16(6)21(25(26)27)15(5)22-24/h9-10,13-14,20,23H,7-8,11-12H2,1-6H3/t20-/m0/s1. The molecule has 1 aromatic carbocycles. The van der Waals surface area contributed by atoms with Gasteiger partial charge in [-0.3, -0.25) is 14.8 Å². The number of sulfonamides is 1. The number of nitrogens with zero attached hydrogens (tertiary/aromatic N) is 3. The first kappa shape index (κ1) is 25.6. The van der Waals surface area contributed by atoms with Gasteiger partial charge < -0.3 is 9.47 Å². The fourth-order valence-electron chi connectivity index (χ4n) is 3.48. The molecule has 0 aliphatic carbocycles. The second kappa shape index (κ2) is 10.8. The maximum atomic E-state index is 12.9. The molecule has 0 spiro atoms. The van der Waals surface area contributed by atoms with E-state index in [4.69, 9.17) is 9.47 Å². The van der Waals surface area contributed by atoms with Crippen LogP contribution >= 0.6 is 0 Å². The Labute approximate surface area is 189 Å². The Balaban J connectivity index is 2.23. The predicted molar refractivity (Wildman–Crippen MR) is 122 cm³/mol. The van der Waals surface area contributed by atoms with E-state index in [0.717, 1.165) is 5.56 Å². The number of nitrogens with one attached hydrogen (secondary N) is 1. The molecule has 0 saturated carbocycles. The summed E-state index contributed by atoms with van der Waals surface area (Å²) in [4.78, 5) is 10.7. The number of hydrogen-bond donors (Lipinski definition) is 1. The summed E-state index contributed by atoms with van der Waals surface area (Å²) in [7, 11) is -3.71. The highest BCUT2D eigenvalue weighted by atomic mass is 32.2. The van der Waals surface area contributed by atoms with Crippen molar-refractivity contribution in [3.05, 3.63) is 45.3 Å². The average molecular weight is 469 g/mol. The van der Waals surface area contributed by atoms with Crippen molar-refractivity contribution in [2.45, 2.75) is 54.1 Å². The molecule has 2 aromatic rings. The van der Waals surface area contributed by atoms with Gasteiger partial charge in [-0.2, -0.15) is 5.10 Å². The fraction of sp³-hybridized carbons (Fsp3) is 0.571. The molecule has 0 radical (unpaired) electrons. The van der Waals surface area contributed by atoms with Crippen LogP contribution in [0.15, 0.2) is 18.2 Å². The highest BCUT2D eigenvalue weighted by Crippen LogP contribution is 2.33. The molecule has 1 N–H and O–H groups in total. The molecule has 1 aromatic heterocycles. The van der Waals surface area contributed by atoms with Crippen LogP contribution in [0.1, 0.15) is 50.7 Å². The zero-order valence-electron chi connectivity index (χ0n) is 19.4. The summed E-state index contributed by atoms with van der Waals surface area (Å²) in [6.07, 6.45) is 0. The van der Waals surface area contributed by atoms with Gasteiger partial charge in [-0.25, -0.2) is 13.1 Å². The van der Waals surface area contributed by atoms with Crippen molar-refractivity contribution in [1.82, 2.24) is 14.5 Å². The zero-order chi connectivity index (χ0) is 24.1. The monoisotopic (exact) mass is 468 g/mol. The quantitative estimate of drug-likeness (QED) is 0.373. The van der Waals surface area contributed by atoms with Gasteiger partial charge in [-0.15, -0.1) is 0 Å². The van der Waals surface area contributed by atoms with Gasteiger partial charge in [-0.1, -0.05) is 19.9 Å². The zero-order valence-corrected chi connectivity index (χ0v) is 20.2. The minimum atomic E-state index is -3.71. The van der Waals surface area contributed by atoms with Crippen molar-refractivity contribution in [2.24, 2.45) is 5.92 Å². The first-order valence-electron chi connectivity index (χ1n) is 10.6. The van der Waals surface area contributed by atoms with E-state index in [-0.39, 0.29) is 29.6 Å². The minimum Gasteiger partial charge on any atom is -0.490 e. The molecule has 2 rings (SSSR count). The SMILES string of the molecule is CCOc1ccc([C@@H](NS(=O)(=O)CCn2nc(C)c([N+](=O)[O-])c2C)C(C)C)cc1OCC.